The second-order valence-corrected chi connectivity index (χ2v) is 7.97. The standard InChI is InChI=1S/C18H24N4/c1-11-15-9-13-5-6-14-17(20-21-19-14)16(13)18(11,2)7-8-22(15)10-12-3-4-12/h5-6,11-12,15H,3-4,7-10H2,1-2H3,(H,19,20,21)/t11-,15?,18-/m0/s1. The van der Waals surface area contributed by atoms with E-state index in [4.69, 9.17) is 0 Å². The molecule has 4 heteroatoms. The van der Waals surface area contributed by atoms with Gasteiger partial charge in [0.05, 0.1) is 5.52 Å². The van der Waals surface area contributed by atoms with Crippen LogP contribution in [-0.4, -0.2) is 39.4 Å². The number of benzene rings is 1. The summed E-state index contributed by atoms with van der Waals surface area (Å²) in [4.78, 5) is 2.79. The molecule has 2 aliphatic carbocycles. The number of nitrogens with one attached hydrogen (secondary N) is 1. The second kappa shape index (κ2) is 4.31. The third-order valence-corrected chi connectivity index (χ3v) is 6.74. The summed E-state index contributed by atoms with van der Waals surface area (Å²) < 4.78 is 0. The molecule has 1 N–H and O–H groups in total. The molecule has 1 aliphatic heterocycles. The predicted octanol–water partition coefficient (Wildman–Crippen LogP) is 2.89. The highest BCUT2D eigenvalue weighted by atomic mass is 15.3. The van der Waals surface area contributed by atoms with E-state index in [1.165, 1.54) is 49.9 Å². The Hall–Kier alpha value is -1.42. The molecule has 5 rings (SSSR count). The van der Waals surface area contributed by atoms with Crippen LogP contribution in [0.1, 0.15) is 44.2 Å². The van der Waals surface area contributed by atoms with Gasteiger partial charge in [-0.2, -0.15) is 0 Å². The lowest BCUT2D eigenvalue weighted by Gasteiger charge is -2.54. The van der Waals surface area contributed by atoms with Crippen molar-refractivity contribution in [1.82, 2.24) is 20.3 Å². The van der Waals surface area contributed by atoms with Crippen molar-refractivity contribution in [1.29, 1.82) is 0 Å². The summed E-state index contributed by atoms with van der Waals surface area (Å²) in [5.41, 5.74) is 5.43. The maximum absolute atomic E-state index is 4.42. The van der Waals surface area contributed by atoms with Crippen molar-refractivity contribution >= 4 is 11.0 Å². The van der Waals surface area contributed by atoms with Crippen LogP contribution >= 0.6 is 0 Å². The van der Waals surface area contributed by atoms with Gasteiger partial charge in [-0.15, -0.1) is 5.10 Å². The van der Waals surface area contributed by atoms with E-state index in [0.29, 0.717) is 12.0 Å². The van der Waals surface area contributed by atoms with Gasteiger partial charge in [-0.05, 0) is 61.3 Å². The fraction of sp³-hybridized carbons (Fsp3) is 0.667. The highest BCUT2D eigenvalue weighted by molar-refractivity contribution is 5.80. The molecule has 0 radical (unpaired) electrons. The van der Waals surface area contributed by atoms with Gasteiger partial charge in [0, 0.05) is 18.0 Å². The fourth-order valence-corrected chi connectivity index (χ4v) is 5.02. The lowest BCUT2D eigenvalue weighted by molar-refractivity contribution is 0.0291. The lowest BCUT2D eigenvalue weighted by Crippen LogP contribution is -2.58. The van der Waals surface area contributed by atoms with Crippen LogP contribution in [0.2, 0.25) is 0 Å². The first-order valence-corrected chi connectivity index (χ1v) is 8.74. The summed E-state index contributed by atoms with van der Waals surface area (Å²) in [5.74, 6) is 1.67. The summed E-state index contributed by atoms with van der Waals surface area (Å²) in [6.45, 7) is 7.50. The Morgan fingerprint density at radius 1 is 1.36 bits per heavy atom. The molecule has 1 saturated heterocycles. The minimum Gasteiger partial charge on any atom is -0.299 e. The Balaban J connectivity index is 1.63. The van der Waals surface area contributed by atoms with Gasteiger partial charge in [0.2, 0.25) is 0 Å². The normalized spacial score (nSPS) is 34.8. The molecule has 2 fully saturated rings. The van der Waals surface area contributed by atoms with Crippen molar-refractivity contribution in [2.24, 2.45) is 11.8 Å². The molecule has 1 aromatic heterocycles. The highest BCUT2D eigenvalue weighted by Gasteiger charge is 2.50. The van der Waals surface area contributed by atoms with Crippen molar-refractivity contribution in [3.8, 4) is 0 Å². The summed E-state index contributed by atoms with van der Waals surface area (Å²) >= 11 is 0. The third kappa shape index (κ3) is 1.67. The summed E-state index contributed by atoms with van der Waals surface area (Å²) in [6.07, 6.45) is 5.33. The van der Waals surface area contributed by atoms with E-state index < -0.39 is 0 Å². The van der Waals surface area contributed by atoms with Crippen molar-refractivity contribution in [2.75, 3.05) is 13.1 Å². The van der Waals surface area contributed by atoms with Gasteiger partial charge in [0.25, 0.3) is 0 Å². The molecule has 116 valence electrons. The van der Waals surface area contributed by atoms with Crippen LogP contribution in [0.4, 0.5) is 0 Å². The van der Waals surface area contributed by atoms with Gasteiger partial charge < -0.3 is 0 Å². The Morgan fingerprint density at radius 3 is 3.05 bits per heavy atom. The molecular formula is C18H24N4. The number of aromatic nitrogens is 3. The van der Waals surface area contributed by atoms with Gasteiger partial charge in [0.15, 0.2) is 0 Å². The van der Waals surface area contributed by atoms with Crippen molar-refractivity contribution in [3.63, 3.8) is 0 Å². The molecule has 2 aromatic rings. The van der Waals surface area contributed by atoms with Crippen LogP contribution in [0, 0.1) is 11.8 Å². The number of rotatable bonds is 2. The largest absolute Gasteiger partial charge is 0.299 e. The first-order valence-electron chi connectivity index (χ1n) is 8.74. The van der Waals surface area contributed by atoms with Crippen LogP contribution in [0.15, 0.2) is 12.1 Å². The second-order valence-electron chi connectivity index (χ2n) is 7.97. The smallest absolute Gasteiger partial charge is 0.116 e. The number of nitrogens with zero attached hydrogens (tertiary/aromatic N) is 3. The SMILES string of the molecule is C[C@H]1C2Cc3ccc4[nH]nnc4c3[C@@]1(C)CCN2CC1CC1. The van der Waals surface area contributed by atoms with Crippen molar-refractivity contribution in [2.45, 2.75) is 51.0 Å². The van der Waals surface area contributed by atoms with E-state index in [1.807, 2.05) is 0 Å². The minimum atomic E-state index is 0.245. The third-order valence-electron chi connectivity index (χ3n) is 6.74. The Morgan fingerprint density at radius 2 is 2.23 bits per heavy atom. The molecular weight excluding hydrogens is 272 g/mol. The van der Waals surface area contributed by atoms with Gasteiger partial charge in [0.1, 0.15) is 5.52 Å². The molecule has 2 heterocycles. The summed E-state index contributed by atoms with van der Waals surface area (Å²) in [5, 5.41) is 11.5. The number of hydrogen-bond acceptors (Lipinski definition) is 3. The molecule has 0 spiro atoms. The van der Waals surface area contributed by atoms with Gasteiger partial charge in [-0.3, -0.25) is 10.00 Å². The molecule has 3 aliphatic rings. The highest BCUT2D eigenvalue weighted by Crippen LogP contribution is 2.50. The Labute approximate surface area is 131 Å². The maximum atomic E-state index is 4.42. The molecule has 4 nitrogen and oxygen atoms in total. The van der Waals surface area contributed by atoms with Crippen LogP contribution in [0.3, 0.4) is 0 Å². The average molecular weight is 296 g/mol. The molecule has 22 heavy (non-hydrogen) atoms. The van der Waals surface area contributed by atoms with Crippen molar-refractivity contribution in [3.05, 3.63) is 23.3 Å². The maximum Gasteiger partial charge on any atom is 0.116 e. The van der Waals surface area contributed by atoms with Crippen LogP contribution < -0.4 is 0 Å². The molecule has 0 amide bonds. The fourth-order valence-electron chi connectivity index (χ4n) is 5.02. The van der Waals surface area contributed by atoms with Gasteiger partial charge in [-0.25, -0.2) is 0 Å². The zero-order valence-corrected chi connectivity index (χ0v) is 13.5. The lowest BCUT2D eigenvalue weighted by atomic mass is 9.58. The van der Waals surface area contributed by atoms with E-state index in [1.54, 1.807) is 0 Å². The number of H-pyrrole nitrogens is 1. The number of aromatic amines is 1. The topological polar surface area (TPSA) is 44.8 Å². The zero-order chi connectivity index (χ0) is 14.9. The Bertz CT molecular complexity index is 732. The Kier molecular flexibility index (Phi) is 2.56. The van der Waals surface area contributed by atoms with E-state index in [0.717, 1.165) is 17.0 Å². The predicted molar refractivity (Wildman–Crippen MR) is 86.8 cm³/mol. The number of piperidine rings is 1. The minimum absolute atomic E-state index is 0.245. The van der Waals surface area contributed by atoms with E-state index >= 15 is 0 Å². The van der Waals surface area contributed by atoms with Crippen LogP contribution in [-0.2, 0) is 11.8 Å². The summed E-state index contributed by atoms with van der Waals surface area (Å²) in [7, 11) is 0. The molecule has 1 unspecified atom stereocenters. The van der Waals surface area contributed by atoms with E-state index in [-0.39, 0.29) is 5.41 Å². The first kappa shape index (κ1) is 13.1. The molecule has 1 aromatic carbocycles. The molecule has 2 bridgehead atoms. The summed E-state index contributed by atoms with van der Waals surface area (Å²) in [6, 6.07) is 5.18. The van der Waals surface area contributed by atoms with Crippen LogP contribution in [0.5, 0.6) is 0 Å². The number of fused-ring (bicyclic) bond motifs is 6. The van der Waals surface area contributed by atoms with E-state index in [9.17, 15) is 0 Å². The first-order chi connectivity index (χ1) is 10.7. The van der Waals surface area contributed by atoms with Crippen LogP contribution in [0.25, 0.3) is 11.0 Å². The zero-order valence-electron chi connectivity index (χ0n) is 13.5. The van der Waals surface area contributed by atoms with Gasteiger partial charge in [-0.1, -0.05) is 25.1 Å². The number of likely N-dealkylation sites (tertiary alicyclic amines) is 1. The molecule has 1 saturated carbocycles. The van der Waals surface area contributed by atoms with Gasteiger partial charge >= 0.3 is 0 Å². The quantitative estimate of drug-likeness (QED) is 0.927. The monoisotopic (exact) mass is 296 g/mol. The van der Waals surface area contributed by atoms with Crippen molar-refractivity contribution < 1.29 is 0 Å². The average Bonchev–Trinajstić information content (AvgIpc) is 3.19. The van der Waals surface area contributed by atoms with E-state index in [2.05, 4.69) is 46.3 Å². The molecule has 3 atom stereocenters. The number of hydrogen-bond donors (Lipinski definition) is 1.